The van der Waals surface area contributed by atoms with Crippen LogP contribution in [-0.2, 0) is 24.9 Å². The fourth-order valence-corrected chi connectivity index (χ4v) is 6.66. The Morgan fingerprint density at radius 2 is 1.69 bits per heavy atom. The number of halogens is 2. The molecule has 6 rings (SSSR count). The summed E-state index contributed by atoms with van der Waals surface area (Å²) in [4.78, 5) is 29.6. The Morgan fingerprint density at radius 1 is 1.00 bits per heavy atom. The summed E-state index contributed by atoms with van der Waals surface area (Å²) in [5, 5.41) is 25.2. The van der Waals surface area contributed by atoms with Crippen molar-refractivity contribution in [1.29, 1.82) is 0 Å². The molecule has 49 heavy (non-hydrogen) atoms. The molecule has 13 heteroatoms. The minimum atomic E-state index is -0.892. The van der Waals surface area contributed by atoms with Gasteiger partial charge in [-0.1, -0.05) is 65.7 Å². The molecular weight excluding hydrogens is 665 g/mol. The third kappa shape index (κ3) is 7.51. The number of aliphatic hydroxyl groups is 1. The molecular formula is C36H39Cl2N7O4. The average Bonchev–Trinajstić information content (AvgIpc) is 3.69. The summed E-state index contributed by atoms with van der Waals surface area (Å²) in [5.41, 5.74) is 4.50. The van der Waals surface area contributed by atoms with Gasteiger partial charge in [0.25, 0.3) is 5.56 Å². The van der Waals surface area contributed by atoms with Gasteiger partial charge in [-0.3, -0.25) is 14.2 Å². The van der Waals surface area contributed by atoms with Crippen molar-refractivity contribution < 1.29 is 14.6 Å². The number of carbonyl (C=O) groups excluding carboxylic acids is 1. The molecule has 1 atom stereocenters. The quantitative estimate of drug-likeness (QED) is 0.143. The van der Waals surface area contributed by atoms with Crippen LogP contribution >= 0.6 is 23.2 Å². The molecule has 256 valence electrons. The van der Waals surface area contributed by atoms with Crippen molar-refractivity contribution in [1.82, 2.24) is 35.1 Å². The van der Waals surface area contributed by atoms with Gasteiger partial charge in [0.2, 0.25) is 11.8 Å². The lowest BCUT2D eigenvalue weighted by Gasteiger charge is -2.18. The Bertz CT molecular complexity index is 2090. The van der Waals surface area contributed by atoms with Gasteiger partial charge in [0, 0.05) is 78.7 Å². The number of methoxy groups -OCH3 is 1. The fraction of sp³-hybridized carbons (Fsp3) is 0.333. The zero-order valence-electron chi connectivity index (χ0n) is 27.8. The Kier molecular flexibility index (Phi) is 10.1. The Hall–Kier alpha value is -4.26. The summed E-state index contributed by atoms with van der Waals surface area (Å²) < 4.78 is 8.71. The molecule has 0 bridgehead atoms. The van der Waals surface area contributed by atoms with Crippen LogP contribution in [0.25, 0.3) is 39.0 Å². The second kappa shape index (κ2) is 14.3. The lowest BCUT2D eigenvalue weighted by Crippen LogP contribution is -2.36. The first-order valence-electron chi connectivity index (χ1n) is 16.1. The van der Waals surface area contributed by atoms with Gasteiger partial charge >= 0.3 is 0 Å². The molecule has 1 amide bonds. The molecule has 4 N–H and O–H groups in total. The Labute approximate surface area is 294 Å². The number of aromatic nitrogens is 4. The van der Waals surface area contributed by atoms with Crippen molar-refractivity contribution in [2.24, 2.45) is 7.05 Å². The van der Waals surface area contributed by atoms with Crippen LogP contribution in [-0.4, -0.2) is 62.0 Å². The van der Waals surface area contributed by atoms with E-state index in [2.05, 4.69) is 21.0 Å². The van der Waals surface area contributed by atoms with E-state index in [1.807, 2.05) is 48.5 Å². The molecule has 3 aromatic heterocycles. The molecule has 2 aromatic carbocycles. The molecule has 0 saturated carbocycles. The van der Waals surface area contributed by atoms with Gasteiger partial charge in [-0.15, -0.1) is 0 Å². The van der Waals surface area contributed by atoms with Gasteiger partial charge in [-0.25, -0.2) is 9.50 Å². The normalized spacial score (nSPS) is 14.8. The number of amides is 1. The largest absolute Gasteiger partial charge is 0.481 e. The van der Waals surface area contributed by atoms with E-state index in [0.29, 0.717) is 65.6 Å². The van der Waals surface area contributed by atoms with Gasteiger partial charge < -0.3 is 25.8 Å². The molecule has 4 heterocycles. The van der Waals surface area contributed by atoms with Crippen molar-refractivity contribution in [2.45, 2.75) is 51.4 Å². The number of nitrogens with zero attached hydrogens (tertiary/aromatic N) is 4. The van der Waals surface area contributed by atoms with E-state index in [-0.39, 0.29) is 17.5 Å². The third-order valence-electron chi connectivity index (χ3n) is 8.57. The van der Waals surface area contributed by atoms with E-state index in [1.54, 1.807) is 44.8 Å². The van der Waals surface area contributed by atoms with Crippen LogP contribution < -0.4 is 26.2 Å². The van der Waals surface area contributed by atoms with Crippen LogP contribution in [0.1, 0.15) is 38.1 Å². The number of fused-ring (bicyclic) bond motifs is 1. The molecule has 1 saturated heterocycles. The van der Waals surface area contributed by atoms with E-state index in [1.165, 1.54) is 4.57 Å². The van der Waals surface area contributed by atoms with Gasteiger partial charge in [0.15, 0.2) is 0 Å². The molecule has 0 unspecified atom stereocenters. The van der Waals surface area contributed by atoms with E-state index >= 15 is 0 Å². The van der Waals surface area contributed by atoms with Crippen molar-refractivity contribution in [3.63, 3.8) is 0 Å². The van der Waals surface area contributed by atoms with E-state index in [9.17, 15) is 14.7 Å². The SMILES string of the molecule is COc1nc(-c2cccc(-c3cccc(-c4cc5c(=O)n(C)c(CNCC(C)(C)O)nn5c4)c3Cl)c2Cl)ccc1CNC[C@@H]1CCC(=O)N1. The highest BCUT2D eigenvalue weighted by Gasteiger charge is 2.21. The van der Waals surface area contributed by atoms with Crippen LogP contribution in [0.15, 0.2) is 65.6 Å². The highest BCUT2D eigenvalue weighted by molar-refractivity contribution is 6.39. The molecule has 1 aliphatic heterocycles. The summed E-state index contributed by atoms with van der Waals surface area (Å²) in [5.74, 6) is 1.10. The van der Waals surface area contributed by atoms with Crippen LogP contribution in [0.3, 0.4) is 0 Å². The van der Waals surface area contributed by atoms with Gasteiger partial charge in [-0.05, 0) is 32.4 Å². The number of benzene rings is 2. The van der Waals surface area contributed by atoms with Gasteiger partial charge in [0.1, 0.15) is 11.3 Å². The standard InChI is InChI=1S/C36H39Cl2N7O4/c1-36(2,48)20-40-18-30-43-45-19-22(15-29(45)35(47)44(30)3)24-7-5-8-25(32(24)37)26-9-6-10-27(33(26)38)28-13-11-21(34(42-28)49-4)16-39-17-23-12-14-31(46)41-23/h5-11,13,15,19,23,39-40,48H,12,14,16-18,20H2,1-4H3,(H,41,46)/t23-/m0/s1. The number of ether oxygens (including phenoxy) is 1. The van der Waals surface area contributed by atoms with Gasteiger partial charge in [0.05, 0.1) is 35.0 Å². The second-order valence-corrected chi connectivity index (χ2v) is 13.6. The minimum Gasteiger partial charge on any atom is -0.481 e. The van der Waals surface area contributed by atoms with Crippen molar-refractivity contribution in [3.8, 4) is 39.4 Å². The van der Waals surface area contributed by atoms with Crippen LogP contribution in [0.2, 0.25) is 10.0 Å². The number of hydrogen-bond donors (Lipinski definition) is 4. The maximum atomic E-state index is 13.3. The molecule has 11 nitrogen and oxygen atoms in total. The number of hydrogen-bond acceptors (Lipinski definition) is 8. The first kappa shape index (κ1) is 34.6. The number of nitrogens with one attached hydrogen (secondary N) is 3. The smallest absolute Gasteiger partial charge is 0.277 e. The van der Waals surface area contributed by atoms with E-state index < -0.39 is 5.60 Å². The molecule has 5 aromatic rings. The van der Waals surface area contributed by atoms with Crippen molar-refractivity contribution in [2.75, 3.05) is 20.2 Å². The molecule has 1 fully saturated rings. The zero-order chi connectivity index (χ0) is 34.9. The first-order chi connectivity index (χ1) is 23.4. The minimum absolute atomic E-state index is 0.0907. The van der Waals surface area contributed by atoms with Crippen LogP contribution in [0, 0.1) is 0 Å². The zero-order valence-corrected chi connectivity index (χ0v) is 29.3. The highest BCUT2D eigenvalue weighted by Crippen LogP contribution is 2.42. The summed E-state index contributed by atoms with van der Waals surface area (Å²) in [6, 6.07) is 17.2. The van der Waals surface area contributed by atoms with E-state index in [4.69, 9.17) is 32.9 Å². The lowest BCUT2D eigenvalue weighted by molar-refractivity contribution is -0.119. The molecule has 0 aliphatic carbocycles. The molecule has 1 aliphatic rings. The lowest BCUT2D eigenvalue weighted by atomic mass is 9.97. The third-order valence-corrected chi connectivity index (χ3v) is 9.39. The maximum Gasteiger partial charge on any atom is 0.277 e. The first-order valence-corrected chi connectivity index (χ1v) is 16.8. The maximum absolute atomic E-state index is 13.3. The summed E-state index contributed by atoms with van der Waals surface area (Å²) in [7, 11) is 3.27. The number of pyridine rings is 1. The average molecular weight is 705 g/mol. The molecule has 0 spiro atoms. The van der Waals surface area contributed by atoms with E-state index in [0.717, 1.165) is 39.8 Å². The monoisotopic (exact) mass is 703 g/mol. The number of rotatable bonds is 12. The van der Waals surface area contributed by atoms with Crippen molar-refractivity contribution in [3.05, 3.63) is 92.6 Å². The number of carbonyl (C=O) groups is 1. The fourth-order valence-electron chi connectivity index (χ4n) is 6.00. The Balaban J connectivity index is 1.27. The van der Waals surface area contributed by atoms with Crippen LogP contribution in [0.4, 0.5) is 0 Å². The summed E-state index contributed by atoms with van der Waals surface area (Å²) >= 11 is 14.2. The predicted molar refractivity (Wildman–Crippen MR) is 192 cm³/mol. The van der Waals surface area contributed by atoms with Crippen molar-refractivity contribution >= 4 is 34.6 Å². The van der Waals surface area contributed by atoms with Gasteiger partial charge in [-0.2, -0.15) is 5.10 Å². The topological polar surface area (TPSA) is 135 Å². The predicted octanol–water partition coefficient (Wildman–Crippen LogP) is 4.97. The molecule has 0 radical (unpaired) electrons. The second-order valence-electron chi connectivity index (χ2n) is 12.9. The van der Waals surface area contributed by atoms with Crippen LogP contribution in [0.5, 0.6) is 5.88 Å². The highest BCUT2D eigenvalue weighted by atomic mass is 35.5. The Morgan fingerprint density at radius 3 is 2.37 bits per heavy atom. The summed E-state index contributed by atoms with van der Waals surface area (Å²) in [6.07, 6.45) is 3.18. The summed E-state index contributed by atoms with van der Waals surface area (Å²) in [6.45, 7) is 5.28.